The van der Waals surface area contributed by atoms with Gasteiger partial charge in [-0.3, -0.25) is 0 Å². The third-order valence-corrected chi connectivity index (χ3v) is 5.32. The van der Waals surface area contributed by atoms with E-state index in [1.165, 1.54) is 32.1 Å². The van der Waals surface area contributed by atoms with E-state index in [-0.39, 0.29) is 12.1 Å². The Kier molecular flexibility index (Phi) is 6.99. The number of carbonyl (C=O) groups is 1. The summed E-state index contributed by atoms with van der Waals surface area (Å²) in [5.41, 5.74) is 1.02. The van der Waals surface area contributed by atoms with Crippen molar-refractivity contribution in [2.75, 3.05) is 19.8 Å². The Morgan fingerprint density at radius 2 is 2.08 bits per heavy atom. The van der Waals surface area contributed by atoms with Crippen molar-refractivity contribution in [1.29, 1.82) is 0 Å². The Bertz CT molecular complexity index is 576. The van der Waals surface area contributed by atoms with Gasteiger partial charge in [-0.1, -0.05) is 35.2 Å². The summed E-state index contributed by atoms with van der Waals surface area (Å²) in [5.74, 6) is 0.848. The summed E-state index contributed by atoms with van der Waals surface area (Å²) in [7, 11) is 0. The highest BCUT2D eigenvalue weighted by molar-refractivity contribution is 9.10. The maximum absolute atomic E-state index is 12.2. The fraction of sp³-hybridized carbons (Fsp3) is 0.632. The van der Waals surface area contributed by atoms with E-state index >= 15 is 0 Å². The average molecular weight is 411 g/mol. The first-order valence-corrected chi connectivity index (χ1v) is 10.1. The molecular formula is C19H27BrN2O3. The van der Waals surface area contributed by atoms with Crippen LogP contribution in [0.15, 0.2) is 22.7 Å². The highest BCUT2D eigenvalue weighted by Crippen LogP contribution is 2.33. The molecule has 1 saturated carbocycles. The summed E-state index contributed by atoms with van der Waals surface area (Å²) in [6, 6.07) is 5.76. The molecule has 6 heteroatoms. The molecule has 2 aliphatic rings. The average Bonchev–Trinajstić information content (AvgIpc) is 2.63. The van der Waals surface area contributed by atoms with Gasteiger partial charge in [0.25, 0.3) is 0 Å². The van der Waals surface area contributed by atoms with Crippen molar-refractivity contribution >= 4 is 22.0 Å². The molecule has 0 saturated heterocycles. The maximum Gasteiger partial charge on any atom is 0.315 e. The van der Waals surface area contributed by atoms with E-state index in [4.69, 9.17) is 9.47 Å². The molecule has 0 bridgehead atoms. The van der Waals surface area contributed by atoms with Gasteiger partial charge < -0.3 is 20.1 Å². The lowest BCUT2D eigenvalue weighted by molar-refractivity contribution is 0.0275. The van der Waals surface area contributed by atoms with Crippen molar-refractivity contribution in [1.82, 2.24) is 10.6 Å². The van der Waals surface area contributed by atoms with Gasteiger partial charge in [0.2, 0.25) is 0 Å². The number of hydrogen-bond acceptors (Lipinski definition) is 3. The predicted molar refractivity (Wildman–Crippen MR) is 101 cm³/mol. The Morgan fingerprint density at radius 3 is 2.92 bits per heavy atom. The van der Waals surface area contributed by atoms with Gasteiger partial charge in [-0.25, -0.2) is 4.79 Å². The summed E-state index contributed by atoms with van der Waals surface area (Å²) in [6.07, 6.45) is 8.34. The second-order valence-corrected chi connectivity index (χ2v) is 7.67. The number of hydrogen-bond donors (Lipinski definition) is 2. The number of urea groups is 1. The number of halogens is 1. The molecule has 1 unspecified atom stereocenters. The third-order valence-electron chi connectivity index (χ3n) is 4.83. The monoisotopic (exact) mass is 410 g/mol. The molecule has 25 heavy (non-hydrogen) atoms. The minimum Gasteiger partial charge on any atom is -0.493 e. The molecular weight excluding hydrogens is 384 g/mol. The SMILES string of the molecule is O=C(NCCCOC1CCCCC1)NC1CCOc2ccc(Br)cc21. The third kappa shape index (κ3) is 5.61. The van der Waals surface area contributed by atoms with Gasteiger partial charge in [0.15, 0.2) is 0 Å². The van der Waals surface area contributed by atoms with Gasteiger partial charge in [0, 0.05) is 29.6 Å². The van der Waals surface area contributed by atoms with Crippen LogP contribution in [0.3, 0.4) is 0 Å². The lowest BCUT2D eigenvalue weighted by atomic mass is 9.98. The van der Waals surface area contributed by atoms with Crippen molar-refractivity contribution in [2.24, 2.45) is 0 Å². The minimum atomic E-state index is -0.129. The summed E-state index contributed by atoms with van der Waals surface area (Å²) in [6.45, 7) is 1.97. The molecule has 0 radical (unpaired) electrons. The Balaban J connectivity index is 1.36. The molecule has 5 nitrogen and oxygen atoms in total. The van der Waals surface area contributed by atoms with Crippen LogP contribution in [0.25, 0.3) is 0 Å². The van der Waals surface area contributed by atoms with Crippen molar-refractivity contribution in [2.45, 2.75) is 57.1 Å². The standard InChI is InChI=1S/C19H27BrN2O3/c20-14-7-8-18-16(13-14)17(9-12-25-18)22-19(23)21-10-4-11-24-15-5-2-1-3-6-15/h7-8,13,15,17H,1-6,9-12H2,(H2,21,22,23). The van der Waals surface area contributed by atoms with Crippen LogP contribution in [0.2, 0.25) is 0 Å². The quantitative estimate of drug-likeness (QED) is 0.686. The van der Waals surface area contributed by atoms with Gasteiger partial charge in [0.05, 0.1) is 18.8 Å². The first-order chi connectivity index (χ1) is 12.2. The molecule has 2 N–H and O–H groups in total. The minimum absolute atomic E-state index is 0.0141. The molecule has 3 rings (SSSR count). The Hall–Kier alpha value is -1.27. The first kappa shape index (κ1) is 18.5. The highest BCUT2D eigenvalue weighted by Gasteiger charge is 2.23. The molecule has 1 aliphatic carbocycles. The number of nitrogens with one attached hydrogen (secondary N) is 2. The summed E-state index contributed by atoms with van der Waals surface area (Å²) in [4.78, 5) is 12.2. The molecule has 1 heterocycles. The number of benzene rings is 1. The molecule has 1 aliphatic heterocycles. The van der Waals surface area contributed by atoms with Gasteiger partial charge in [-0.15, -0.1) is 0 Å². The van der Waals surface area contributed by atoms with Crippen molar-refractivity contribution in [3.05, 3.63) is 28.2 Å². The molecule has 1 aromatic rings. The van der Waals surface area contributed by atoms with Crippen LogP contribution in [-0.2, 0) is 4.74 Å². The number of carbonyl (C=O) groups excluding carboxylic acids is 1. The highest BCUT2D eigenvalue weighted by atomic mass is 79.9. The van der Waals surface area contributed by atoms with Crippen LogP contribution in [0.5, 0.6) is 5.75 Å². The van der Waals surface area contributed by atoms with Crippen LogP contribution >= 0.6 is 15.9 Å². The van der Waals surface area contributed by atoms with Crippen LogP contribution < -0.4 is 15.4 Å². The van der Waals surface area contributed by atoms with Crippen molar-refractivity contribution in [3.8, 4) is 5.75 Å². The first-order valence-electron chi connectivity index (χ1n) is 9.30. The van der Waals surface area contributed by atoms with E-state index < -0.39 is 0 Å². The largest absolute Gasteiger partial charge is 0.493 e. The Labute approximate surface area is 158 Å². The van der Waals surface area contributed by atoms with E-state index in [1.807, 2.05) is 18.2 Å². The number of rotatable bonds is 6. The van der Waals surface area contributed by atoms with Gasteiger partial charge in [0.1, 0.15) is 5.75 Å². The van der Waals surface area contributed by atoms with Crippen LogP contribution in [0.4, 0.5) is 4.79 Å². The fourth-order valence-electron chi connectivity index (χ4n) is 3.48. The maximum atomic E-state index is 12.2. The zero-order valence-corrected chi connectivity index (χ0v) is 16.1. The lowest BCUT2D eigenvalue weighted by Crippen LogP contribution is -2.40. The van der Waals surface area contributed by atoms with Gasteiger partial charge >= 0.3 is 6.03 Å². The van der Waals surface area contributed by atoms with Crippen LogP contribution in [0, 0.1) is 0 Å². The van der Waals surface area contributed by atoms with Crippen LogP contribution in [-0.4, -0.2) is 31.9 Å². The van der Waals surface area contributed by atoms with Gasteiger partial charge in [-0.05, 0) is 37.5 Å². The van der Waals surface area contributed by atoms with Crippen molar-refractivity contribution < 1.29 is 14.3 Å². The van der Waals surface area contributed by atoms with E-state index in [0.717, 1.165) is 35.2 Å². The molecule has 138 valence electrons. The molecule has 0 aromatic heterocycles. The van der Waals surface area contributed by atoms with Gasteiger partial charge in [-0.2, -0.15) is 0 Å². The number of amides is 2. The van der Waals surface area contributed by atoms with Crippen LogP contribution in [0.1, 0.15) is 56.6 Å². The summed E-state index contributed by atoms with van der Waals surface area (Å²) >= 11 is 3.48. The lowest BCUT2D eigenvalue weighted by Gasteiger charge is -2.27. The number of fused-ring (bicyclic) bond motifs is 1. The predicted octanol–water partition coefficient (Wildman–Crippen LogP) is 4.31. The molecule has 1 atom stereocenters. The molecule has 0 spiro atoms. The van der Waals surface area contributed by atoms with E-state index in [0.29, 0.717) is 19.3 Å². The topological polar surface area (TPSA) is 59.6 Å². The van der Waals surface area contributed by atoms with E-state index in [9.17, 15) is 4.79 Å². The molecule has 2 amide bonds. The zero-order chi connectivity index (χ0) is 17.5. The van der Waals surface area contributed by atoms with Crippen molar-refractivity contribution in [3.63, 3.8) is 0 Å². The molecule has 1 aromatic carbocycles. The summed E-state index contributed by atoms with van der Waals surface area (Å²) in [5, 5.41) is 5.98. The van der Waals surface area contributed by atoms with E-state index in [1.54, 1.807) is 0 Å². The number of ether oxygens (including phenoxy) is 2. The normalized spacial score (nSPS) is 20.4. The Morgan fingerprint density at radius 1 is 1.24 bits per heavy atom. The zero-order valence-electron chi connectivity index (χ0n) is 14.6. The second-order valence-electron chi connectivity index (χ2n) is 6.76. The fourth-order valence-corrected chi connectivity index (χ4v) is 3.86. The summed E-state index contributed by atoms with van der Waals surface area (Å²) < 4.78 is 12.5. The molecule has 1 fully saturated rings. The van der Waals surface area contributed by atoms with E-state index in [2.05, 4.69) is 26.6 Å². The smallest absolute Gasteiger partial charge is 0.315 e. The second kappa shape index (κ2) is 9.43.